The Morgan fingerprint density at radius 3 is 2.67 bits per heavy atom. The lowest BCUT2D eigenvalue weighted by molar-refractivity contribution is 0.0822. The van der Waals surface area contributed by atoms with Gasteiger partial charge in [-0.1, -0.05) is 18.5 Å². The van der Waals surface area contributed by atoms with Crippen LogP contribution < -0.4 is 10.1 Å². The van der Waals surface area contributed by atoms with Crippen LogP contribution in [0, 0.1) is 12.8 Å². The fraction of sp³-hybridized carbons (Fsp3) is 0.625. The lowest BCUT2D eigenvalue weighted by Crippen LogP contribution is -2.45. The molecule has 1 aliphatic rings. The summed E-state index contributed by atoms with van der Waals surface area (Å²) in [6.45, 7) is 8.97. The Labute approximate surface area is 132 Å². The number of hydrogen-bond acceptors (Lipinski definition) is 4. The van der Waals surface area contributed by atoms with Crippen LogP contribution in [0.2, 0.25) is 5.02 Å². The second-order valence-electron chi connectivity index (χ2n) is 5.82. The molecule has 0 amide bonds. The summed E-state index contributed by atoms with van der Waals surface area (Å²) in [4.78, 5) is 2.38. The van der Waals surface area contributed by atoms with Crippen LogP contribution in [-0.4, -0.2) is 49.8 Å². The molecule has 1 aromatic rings. The van der Waals surface area contributed by atoms with Crippen LogP contribution in [0.3, 0.4) is 0 Å². The van der Waals surface area contributed by atoms with E-state index in [1.54, 1.807) is 7.11 Å². The third kappa shape index (κ3) is 4.10. The highest BCUT2D eigenvalue weighted by atomic mass is 35.5. The summed E-state index contributed by atoms with van der Waals surface area (Å²) >= 11 is 6.20. The van der Waals surface area contributed by atoms with Gasteiger partial charge in [0, 0.05) is 43.3 Å². The van der Waals surface area contributed by atoms with Gasteiger partial charge in [-0.15, -0.1) is 0 Å². The average Bonchev–Trinajstić information content (AvgIpc) is 2.49. The first kappa shape index (κ1) is 16.6. The number of benzene rings is 1. The minimum atomic E-state index is -0.576. The van der Waals surface area contributed by atoms with Crippen molar-refractivity contribution < 1.29 is 9.84 Å². The molecule has 0 saturated carbocycles. The third-order valence-corrected chi connectivity index (χ3v) is 4.53. The number of hydrogen-bond donors (Lipinski definition) is 2. The van der Waals surface area contributed by atoms with Gasteiger partial charge in [-0.3, -0.25) is 0 Å². The fourth-order valence-electron chi connectivity index (χ4n) is 2.79. The maximum atomic E-state index is 10.7. The Morgan fingerprint density at radius 2 is 2.05 bits per heavy atom. The number of aryl methyl sites for hydroxylation is 1. The predicted molar refractivity (Wildman–Crippen MR) is 86.2 cm³/mol. The van der Waals surface area contributed by atoms with E-state index >= 15 is 0 Å². The molecule has 1 aromatic carbocycles. The third-order valence-electron chi connectivity index (χ3n) is 4.12. The van der Waals surface area contributed by atoms with Crippen molar-refractivity contribution in [2.45, 2.75) is 20.0 Å². The van der Waals surface area contributed by atoms with Crippen molar-refractivity contribution in [3.8, 4) is 5.75 Å². The molecule has 118 valence electrons. The molecule has 2 unspecified atom stereocenters. The van der Waals surface area contributed by atoms with Gasteiger partial charge in [0.1, 0.15) is 5.75 Å². The number of nitrogens with one attached hydrogen (secondary N) is 1. The van der Waals surface area contributed by atoms with Gasteiger partial charge in [-0.05, 0) is 30.5 Å². The molecular weight excluding hydrogens is 288 g/mol. The summed E-state index contributed by atoms with van der Waals surface area (Å²) in [5, 5.41) is 14.7. The van der Waals surface area contributed by atoms with Gasteiger partial charge in [-0.25, -0.2) is 0 Å². The summed E-state index contributed by atoms with van der Waals surface area (Å²) in [5.74, 6) is 0.826. The molecule has 0 bridgehead atoms. The highest BCUT2D eigenvalue weighted by Crippen LogP contribution is 2.34. The maximum Gasteiger partial charge on any atom is 0.125 e. The topological polar surface area (TPSA) is 44.7 Å². The normalized spacial score (nSPS) is 19.3. The van der Waals surface area contributed by atoms with E-state index in [1.807, 2.05) is 19.1 Å². The number of aliphatic hydroxyl groups excluding tert-OH is 1. The molecule has 21 heavy (non-hydrogen) atoms. The van der Waals surface area contributed by atoms with Gasteiger partial charge in [0.15, 0.2) is 0 Å². The Kier molecular flexibility index (Phi) is 5.88. The Bertz CT molecular complexity index is 476. The second-order valence-corrected chi connectivity index (χ2v) is 6.22. The van der Waals surface area contributed by atoms with Crippen molar-refractivity contribution in [3.05, 3.63) is 28.3 Å². The van der Waals surface area contributed by atoms with Crippen molar-refractivity contribution in [1.29, 1.82) is 0 Å². The molecule has 1 saturated heterocycles. The quantitative estimate of drug-likeness (QED) is 0.875. The van der Waals surface area contributed by atoms with Crippen LogP contribution in [0.5, 0.6) is 5.75 Å². The van der Waals surface area contributed by atoms with Gasteiger partial charge in [0.05, 0.1) is 13.2 Å². The molecule has 2 atom stereocenters. The van der Waals surface area contributed by atoms with E-state index in [0.29, 0.717) is 10.8 Å². The molecule has 1 heterocycles. The second kappa shape index (κ2) is 7.45. The van der Waals surface area contributed by atoms with Crippen molar-refractivity contribution in [3.63, 3.8) is 0 Å². The highest BCUT2D eigenvalue weighted by molar-refractivity contribution is 6.31. The zero-order valence-corrected chi connectivity index (χ0v) is 13.8. The monoisotopic (exact) mass is 312 g/mol. The smallest absolute Gasteiger partial charge is 0.125 e. The lowest BCUT2D eigenvalue weighted by Gasteiger charge is -2.31. The van der Waals surface area contributed by atoms with E-state index in [0.717, 1.165) is 43.9 Å². The summed E-state index contributed by atoms with van der Waals surface area (Å²) in [5.41, 5.74) is 1.73. The molecule has 1 aliphatic heterocycles. The number of aliphatic hydroxyl groups is 1. The first-order chi connectivity index (χ1) is 10.0. The molecule has 0 spiro atoms. The van der Waals surface area contributed by atoms with Crippen LogP contribution >= 0.6 is 11.6 Å². The number of halogens is 1. The number of piperazine rings is 1. The largest absolute Gasteiger partial charge is 0.496 e. The molecule has 0 radical (unpaired) electrons. The van der Waals surface area contributed by atoms with Gasteiger partial charge in [-0.2, -0.15) is 0 Å². The van der Waals surface area contributed by atoms with E-state index in [4.69, 9.17) is 16.3 Å². The molecule has 0 aromatic heterocycles. The van der Waals surface area contributed by atoms with Crippen molar-refractivity contribution in [2.75, 3.05) is 39.8 Å². The summed E-state index contributed by atoms with van der Waals surface area (Å²) in [7, 11) is 1.62. The molecule has 0 aliphatic carbocycles. The van der Waals surface area contributed by atoms with Gasteiger partial charge in [0.2, 0.25) is 0 Å². The Balaban J connectivity index is 2.10. The van der Waals surface area contributed by atoms with Crippen LogP contribution in [0.1, 0.15) is 24.2 Å². The predicted octanol–water partition coefficient (Wildman–Crippen LogP) is 2.23. The van der Waals surface area contributed by atoms with E-state index in [-0.39, 0.29) is 5.92 Å². The van der Waals surface area contributed by atoms with Gasteiger partial charge in [0.25, 0.3) is 0 Å². The minimum absolute atomic E-state index is 0.121. The van der Waals surface area contributed by atoms with Crippen molar-refractivity contribution in [2.24, 2.45) is 5.92 Å². The van der Waals surface area contributed by atoms with Crippen molar-refractivity contribution in [1.82, 2.24) is 10.2 Å². The molecule has 2 rings (SSSR count). The average molecular weight is 313 g/mol. The van der Waals surface area contributed by atoms with Crippen LogP contribution in [0.15, 0.2) is 12.1 Å². The van der Waals surface area contributed by atoms with E-state index in [1.165, 1.54) is 0 Å². The highest BCUT2D eigenvalue weighted by Gasteiger charge is 2.24. The zero-order chi connectivity index (χ0) is 15.4. The maximum absolute atomic E-state index is 10.7. The standard InChI is InChI=1S/C16H25ClN2O2/c1-11-8-15(21-3)13(9-14(11)17)16(20)12(2)10-19-6-4-18-5-7-19/h8-9,12,16,18,20H,4-7,10H2,1-3H3. The fourth-order valence-corrected chi connectivity index (χ4v) is 2.96. The Morgan fingerprint density at radius 1 is 1.38 bits per heavy atom. The number of rotatable bonds is 5. The zero-order valence-electron chi connectivity index (χ0n) is 13.0. The minimum Gasteiger partial charge on any atom is -0.496 e. The van der Waals surface area contributed by atoms with Gasteiger partial charge < -0.3 is 20.1 Å². The number of nitrogens with zero attached hydrogens (tertiary/aromatic N) is 1. The number of ether oxygens (including phenoxy) is 1. The Hall–Kier alpha value is -0.810. The van der Waals surface area contributed by atoms with Crippen molar-refractivity contribution >= 4 is 11.6 Å². The van der Waals surface area contributed by atoms with E-state index in [9.17, 15) is 5.11 Å². The van der Waals surface area contributed by atoms with Gasteiger partial charge >= 0.3 is 0 Å². The molecule has 1 fully saturated rings. The SMILES string of the molecule is COc1cc(C)c(Cl)cc1C(O)C(C)CN1CCNCC1. The molecular formula is C16H25ClN2O2. The molecule has 4 nitrogen and oxygen atoms in total. The number of methoxy groups -OCH3 is 1. The van der Waals surface area contributed by atoms with Crippen LogP contribution in [-0.2, 0) is 0 Å². The first-order valence-electron chi connectivity index (χ1n) is 7.48. The molecule has 2 N–H and O–H groups in total. The van der Waals surface area contributed by atoms with E-state index in [2.05, 4.69) is 17.1 Å². The summed E-state index contributed by atoms with van der Waals surface area (Å²) < 4.78 is 5.40. The summed E-state index contributed by atoms with van der Waals surface area (Å²) in [6.07, 6.45) is -0.576. The lowest BCUT2D eigenvalue weighted by atomic mass is 9.95. The molecule has 5 heteroatoms. The van der Waals surface area contributed by atoms with Crippen LogP contribution in [0.25, 0.3) is 0 Å². The van der Waals surface area contributed by atoms with Crippen LogP contribution in [0.4, 0.5) is 0 Å². The van der Waals surface area contributed by atoms with E-state index < -0.39 is 6.10 Å². The summed E-state index contributed by atoms with van der Waals surface area (Å²) in [6, 6.07) is 3.72. The first-order valence-corrected chi connectivity index (χ1v) is 7.86.